The van der Waals surface area contributed by atoms with Gasteiger partial charge in [0.05, 0.1) is 30.2 Å². The first-order valence-electron chi connectivity index (χ1n) is 6.66. The van der Waals surface area contributed by atoms with Gasteiger partial charge in [-0.1, -0.05) is 11.6 Å². The smallest absolute Gasteiger partial charge is 0.150 e. The van der Waals surface area contributed by atoms with Crippen LogP contribution in [0.1, 0.15) is 0 Å². The first-order chi connectivity index (χ1) is 11.1. The van der Waals surface area contributed by atoms with Gasteiger partial charge < -0.3 is 10.5 Å². The van der Waals surface area contributed by atoms with Crippen molar-refractivity contribution in [3.63, 3.8) is 0 Å². The molecule has 1 aromatic carbocycles. The SMILES string of the molecule is COc1cncc(-c2cnc(N)c(-c3ccc(F)c(Cl)c3)n2)c1. The third-order valence-electron chi connectivity index (χ3n) is 3.24. The number of hydrogen-bond acceptors (Lipinski definition) is 5. The number of rotatable bonds is 3. The molecule has 5 nitrogen and oxygen atoms in total. The number of nitrogens with two attached hydrogens (primary N) is 1. The maximum absolute atomic E-state index is 13.3. The molecule has 0 saturated heterocycles. The Bertz CT molecular complexity index is 872. The summed E-state index contributed by atoms with van der Waals surface area (Å²) in [7, 11) is 1.56. The van der Waals surface area contributed by atoms with Crippen molar-refractivity contribution in [2.24, 2.45) is 0 Å². The third-order valence-corrected chi connectivity index (χ3v) is 3.53. The van der Waals surface area contributed by atoms with Crippen LogP contribution in [0.2, 0.25) is 5.02 Å². The zero-order valence-electron chi connectivity index (χ0n) is 12.1. The fraction of sp³-hybridized carbons (Fsp3) is 0.0625. The van der Waals surface area contributed by atoms with Crippen molar-refractivity contribution in [2.45, 2.75) is 0 Å². The number of ether oxygens (including phenoxy) is 1. The summed E-state index contributed by atoms with van der Waals surface area (Å²) in [5.74, 6) is 0.329. The van der Waals surface area contributed by atoms with Gasteiger partial charge in [0.15, 0.2) is 0 Å². The molecule has 2 aromatic heterocycles. The minimum Gasteiger partial charge on any atom is -0.495 e. The number of hydrogen-bond donors (Lipinski definition) is 1. The normalized spacial score (nSPS) is 10.6. The minimum absolute atomic E-state index is 0.00264. The summed E-state index contributed by atoms with van der Waals surface area (Å²) < 4.78 is 18.5. The second-order valence-corrected chi connectivity index (χ2v) is 5.14. The predicted octanol–water partition coefficient (Wildman–Crippen LogP) is 3.59. The van der Waals surface area contributed by atoms with Crippen LogP contribution >= 0.6 is 11.6 Å². The molecule has 2 heterocycles. The van der Waals surface area contributed by atoms with Gasteiger partial charge in [0, 0.05) is 17.3 Å². The topological polar surface area (TPSA) is 73.9 Å². The van der Waals surface area contributed by atoms with Gasteiger partial charge in [0.2, 0.25) is 0 Å². The molecule has 0 aliphatic heterocycles. The Balaban J connectivity index is 2.10. The molecule has 3 aromatic rings. The molecule has 0 unspecified atom stereocenters. The molecule has 7 heteroatoms. The highest BCUT2D eigenvalue weighted by Gasteiger charge is 2.11. The number of methoxy groups -OCH3 is 1. The number of nitrogen functional groups attached to an aromatic ring is 1. The Morgan fingerprint density at radius 2 is 1.96 bits per heavy atom. The first-order valence-corrected chi connectivity index (χ1v) is 7.03. The second-order valence-electron chi connectivity index (χ2n) is 4.73. The van der Waals surface area contributed by atoms with E-state index in [0.717, 1.165) is 5.56 Å². The van der Waals surface area contributed by atoms with Gasteiger partial charge in [-0.15, -0.1) is 0 Å². The van der Waals surface area contributed by atoms with E-state index in [1.54, 1.807) is 37.8 Å². The van der Waals surface area contributed by atoms with Crippen LogP contribution in [0.15, 0.2) is 42.9 Å². The van der Waals surface area contributed by atoms with Gasteiger partial charge in [0.1, 0.15) is 23.1 Å². The van der Waals surface area contributed by atoms with Crippen LogP contribution in [-0.2, 0) is 0 Å². The summed E-state index contributed by atoms with van der Waals surface area (Å²) in [5.41, 5.74) is 8.20. The van der Waals surface area contributed by atoms with Crippen molar-refractivity contribution >= 4 is 17.4 Å². The summed E-state index contributed by atoms with van der Waals surface area (Å²) >= 11 is 5.82. The number of pyridine rings is 1. The van der Waals surface area contributed by atoms with E-state index >= 15 is 0 Å². The second kappa shape index (κ2) is 6.18. The molecule has 2 N–H and O–H groups in total. The summed E-state index contributed by atoms with van der Waals surface area (Å²) in [6, 6.07) is 6.06. The Morgan fingerprint density at radius 3 is 2.70 bits per heavy atom. The van der Waals surface area contributed by atoms with E-state index in [9.17, 15) is 4.39 Å². The van der Waals surface area contributed by atoms with Gasteiger partial charge in [-0.25, -0.2) is 14.4 Å². The summed E-state index contributed by atoms with van der Waals surface area (Å²) in [4.78, 5) is 12.7. The highest BCUT2D eigenvalue weighted by molar-refractivity contribution is 6.31. The van der Waals surface area contributed by atoms with Crippen molar-refractivity contribution in [2.75, 3.05) is 12.8 Å². The molecule has 23 heavy (non-hydrogen) atoms. The molecule has 0 amide bonds. The fourth-order valence-electron chi connectivity index (χ4n) is 2.06. The summed E-state index contributed by atoms with van der Waals surface area (Å²) in [5, 5.41) is -0.00264. The Labute approximate surface area is 136 Å². The first kappa shape index (κ1) is 15.2. The molecular weight excluding hydrogens is 319 g/mol. The number of benzene rings is 1. The van der Waals surface area contributed by atoms with Gasteiger partial charge in [-0.2, -0.15) is 0 Å². The van der Waals surface area contributed by atoms with Crippen LogP contribution in [0.4, 0.5) is 10.2 Å². The predicted molar refractivity (Wildman–Crippen MR) is 86.6 cm³/mol. The maximum Gasteiger partial charge on any atom is 0.150 e. The average molecular weight is 331 g/mol. The van der Waals surface area contributed by atoms with Crippen molar-refractivity contribution in [1.82, 2.24) is 15.0 Å². The van der Waals surface area contributed by atoms with E-state index in [1.165, 1.54) is 12.1 Å². The van der Waals surface area contributed by atoms with E-state index in [-0.39, 0.29) is 10.8 Å². The van der Waals surface area contributed by atoms with E-state index in [0.29, 0.717) is 22.7 Å². The lowest BCUT2D eigenvalue weighted by atomic mass is 10.1. The molecule has 3 rings (SSSR count). The highest BCUT2D eigenvalue weighted by atomic mass is 35.5. The lowest BCUT2D eigenvalue weighted by molar-refractivity contribution is 0.413. The van der Waals surface area contributed by atoms with Crippen LogP contribution < -0.4 is 10.5 Å². The van der Waals surface area contributed by atoms with Gasteiger partial charge in [-0.05, 0) is 24.3 Å². The number of anilines is 1. The van der Waals surface area contributed by atoms with Gasteiger partial charge in [0.25, 0.3) is 0 Å². The van der Waals surface area contributed by atoms with Crippen molar-refractivity contribution in [1.29, 1.82) is 0 Å². The number of nitrogens with zero attached hydrogens (tertiary/aromatic N) is 3. The molecule has 0 spiro atoms. The lowest BCUT2D eigenvalue weighted by Crippen LogP contribution is -1.99. The molecule has 0 aliphatic rings. The molecule has 0 bridgehead atoms. The maximum atomic E-state index is 13.3. The van der Waals surface area contributed by atoms with E-state index in [1.807, 2.05) is 0 Å². The fourth-order valence-corrected chi connectivity index (χ4v) is 2.24. The molecular formula is C16H12ClFN4O. The van der Waals surface area contributed by atoms with Gasteiger partial charge >= 0.3 is 0 Å². The van der Waals surface area contributed by atoms with Crippen LogP contribution in [-0.4, -0.2) is 22.1 Å². The largest absolute Gasteiger partial charge is 0.495 e. The molecule has 0 radical (unpaired) electrons. The Hall–Kier alpha value is -2.73. The molecule has 0 fully saturated rings. The zero-order chi connectivity index (χ0) is 16.4. The van der Waals surface area contributed by atoms with E-state index in [2.05, 4.69) is 15.0 Å². The average Bonchev–Trinajstić information content (AvgIpc) is 2.58. The van der Waals surface area contributed by atoms with Crippen LogP contribution in [0, 0.1) is 5.82 Å². The Morgan fingerprint density at radius 1 is 1.13 bits per heavy atom. The standard InChI is InChI=1S/C16H12ClFN4O/c1-23-11-4-10(6-20-7-11)14-8-21-16(19)15(22-14)9-2-3-13(18)12(17)5-9/h2-8H,1H3,(H2,19,21). The summed E-state index contributed by atoms with van der Waals surface area (Å²) in [6.45, 7) is 0. The van der Waals surface area contributed by atoms with Crippen LogP contribution in [0.5, 0.6) is 5.75 Å². The van der Waals surface area contributed by atoms with Crippen molar-refractivity contribution in [3.05, 3.63) is 53.7 Å². The molecule has 116 valence electrons. The highest BCUT2D eigenvalue weighted by Crippen LogP contribution is 2.29. The summed E-state index contributed by atoms with van der Waals surface area (Å²) in [6.07, 6.45) is 4.78. The van der Waals surface area contributed by atoms with E-state index < -0.39 is 5.82 Å². The van der Waals surface area contributed by atoms with Crippen LogP contribution in [0.25, 0.3) is 22.5 Å². The lowest BCUT2D eigenvalue weighted by Gasteiger charge is -2.08. The number of halogens is 2. The van der Waals surface area contributed by atoms with Gasteiger partial charge in [-0.3, -0.25) is 4.98 Å². The minimum atomic E-state index is -0.505. The van der Waals surface area contributed by atoms with E-state index in [4.69, 9.17) is 22.1 Å². The zero-order valence-corrected chi connectivity index (χ0v) is 12.9. The van der Waals surface area contributed by atoms with Crippen molar-refractivity contribution < 1.29 is 9.13 Å². The monoisotopic (exact) mass is 330 g/mol. The number of aromatic nitrogens is 3. The molecule has 0 saturated carbocycles. The van der Waals surface area contributed by atoms with Crippen molar-refractivity contribution in [3.8, 4) is 28.3 Å². The third kappa shape index (κ3) is 3.07. The molecule has 0 atom stereocenters. The molecule has 0 aliphatic carbocycles. The quantitative estimate of drug-likeness (QED) is 0.794. The van der Waals surface area contributed by atoms with Crippen LogP contribution in [0.3, 0.4) is 0 Å². The Kier molecular flexibility index (Phi) is 4.08.